The average molecular weight is 500 g/mol. The molecule has 1 N–H and O–H groups in total. The summed E-state index contributed by atoms with van der Waals surface area (Å²) in [7, 11) is 3.85. The molecule has 190 valence electrons. The van der Waals surface area contributed by atoms with Gasteiger partial charge in [0.15, 0.2) is 0 Å². The number of carbonyl (C=O) groups is 4. The van der Waals surface area contributed by atoms with Crippen molar-refractivity contribution in [3.8, 4) is 0 Å². The van der Waals surface area contributed by atoms with Gasteiger partial charge in [0.2, 0.25) is 11.8 Å². The largest absolute Gasteiger partial charge is 0.378 e. The lowest BCUT2D eigenvalue weighted by atomic mass is 9.99. The third kappa shape index (κ3) is 5.20. The monoisotopic (exact) mass is 499 g/mol. The number of fused-ring (bicyclic) bond motifs is 1. The van der Waals surface area contributed by atoms with E-state index in [1.165, 1.54) is 9.80 Å². The Morgan fingerprint density at radius 1 is 0.973 bits per heavy atom. The molecule has 0 aliphatic carbocycles. The number of pyridine rings is 1. The number of nitrogens with one attached hydrogen (secondary N) is 1. The summed E-state index contributed by atoms with van der Waals surface area (Å²) in [6.07, 6.45) is 3.24. The third-order valence-electron chi connectivity index (χ3n) is 6.41. The van der Waals surface area contributed by atoms with Gasteiger partial charge in [0.25, 0.3) is 11.7 Å². The van der Waals surface area contributed by atoms with Crippen LogP contribution in [0.4, 0.5) is 17.1 Å². The molecule has 9 heteroatoms. The number of Topliss-reactive ketones (excluding diaryl/α,β-unsaturated/α-hetero) is 1. The molecule has 0 saturated carbocycles. The van der Waals surface area contributed by atoms with E-state index in [0.717, 1.165) is 11.3 Å². The molecular weight excluding hydrogens is 470 g/mol. The Morgan fingerprint density at radius 2 is 1.68 bits per heavy atom. The number of carbonyl (C=O) groups excluding carboxylic acids is 4. The molecule has 3 aromatic rings. The highest BCUT2D eigenvalue weighted by molar-refractivity contribution is 6.52. The lowest BCUT2D eigenvalue weighted by molar-refractivity contribution is -0.143. The van der Waals surface area contributed by atoms with Crippen molar-refractivity contribution in [3.05, 3.63) is 84.2 Å². The second kappa shape index (κ2) is 10.2. The second-order valence-corrected chi connectivity index (χ2v) is 9.53. The van der Waals surface area contributed by atoms with Crippen LogP contribution >= 0.6 is 0 Å². The highest BCUT2D eigenvalue weighted by Crippen LogP contribution is 2.29. The van der Waals surface area contributed by atoms with Gasteiger partial charge >= 0.3 is 0 Å². The van der Waals surface area contributed by atoms with Crippen LogP contribution in [0.15, 0.2) is 73.1 Å². The van der Waals surface area contributed by atoms with Gasteiger partial charge in [0.1, 0.15) is 12.1 Å². The van der Waals surface area contributed by atoms with Crippen LogP contribution in [-0.2, 0) is 20.9 Å². The average Bonchev–Trinajstić information content (AvgIpc) is 3.13. The highest BCUT2D eigenvalue weighted by atomic mass is 16.2. The Morgan fingerprint density at radius 3 is 2.32 bits per heavy atom. The van der Waals surface area contributed by atoms with E-state index in [0.29, 0.717) is 11.4 Å². The number of hydrogen-bond donors (Lipinski definition) is 1. The minimum absolute atomic E-state index is 0.0876. The summed E-state index contributed by atoms with van der Waals surface area (Å²) < 4.78 is 0. The van der Waals surface area contributed by atoms with Gasteiger partial charge in [0, 0.05) is 44.4 Å². The number of amides is 3. The molecule has 1 aliphatic rings. The van der Waals surface area contributed by atoms with Crippen molar-refractivity contribution < 1.29 is 19.2 Å². The lowest BCUT2D eigenvalue weighted by Crippen LogP contribution is -2.57. The number of ketones is 1. The predicted octanol–water partition coefficient (Wildman–Crippen LogP) is 3.12. The molecule has 0 unspecified atom stereocenters. The van der Waals surface area contributed by atoms with Crippen LogP contribution in [0.5, 0.6) is 0 Å². The predicted molar refractivity (Wildman–Crippen MR) is 141 cm³/mol. The first-order valence-electron chi connectivity index (χ1n) is 11.8. The van der Waals surface area contributed by atoms with E-state index in [1.54, 1.807) is 74.8 Å². The van der Waals surface area contributed by atoms with E-state index in [9.17, 15) is 19.2 Å². The van der Waals surface area contributed by atoms with Crippen LogP contribution in [0.1, 0.15) is 29.8 Å². The second-order valence-electron chi connectivity index (χ2n) is 9.53. The molecular formula is C28H29N5O4. The van der Waals surface area contributed by atoms with Gasteiger partial charge in [-0.05, 0) is 61.9 Å². The third-order valence-corrected chi connectivity index (χ3v) is 6.41. The minimum Gasteiger partial charge on any atom is -0.378 e. The van der Waals surface area contributed by atoms with Crippen molar-refractivity contribution in [1.29, 1.82) is 0 Å². The Hall–Kier alpha value is -4.53. The summed E-state index contributed by atoms with van der Waals surface area (Å²) in [5.41, 5.74) is 1.63. The van der Waals surface area contributed by atoms with E-state index >= 15 is 0 Å². The number of rotatable bonds is 8. The standard InChI is InChI=1S/C28H29N5O4/c1-28(2,27(37)30-20-11-13-21(14-12-20)31(3)4)33(17-19-8-7-15-29-16-19)24(34)18-32-23-10-6-5-9-22(23)25(35)26(32)36/h5-16H,17-18H2,1-4H3,(H,30,37). The SMILES string of the molecule is CN(C)c1ccc(NC(=O)C(C)(C)N(Cc2cccnc2)C(=O)CN2C(=O)C(=O)c3ccccc32)cc1. The molecule has 1 aliphatic heterocycles. The van der Waals surface area contributed by atoms with Gasteiger partial charge in [-0.25, -0.2) is 0 Å². The van der Waals surface area contributed by atoms with Gasteiger partial charge < -0.3 is 15.1 Å². The Labute approximate surface area is 215 Å². The van der Waals surface area contributed by atoms with Crippen LogP contribution in [0.3, 0.4) is 0 Å². The van der Waals surface area contributed by atoms with E-state index in [2.05, 4.69) is 10.3 Å². The maximum Gasteiger partial charge on any atom is 0.299 e. The zero-order valence-electron chi connectivity index (χ0n) is 21.3. The normalized spacial score (nSPS) is 12.8. The van der Waals surface area contributed by atoms with Crippen molar-refractivity contribution in [2.24, 2.45) is 0 Å². The zero-order chi connectivity index (χ0) is 26.7. The van der Waals surface area contributed by atoms with Crippen molar-refractivity contribution in [1.82, 2.24) is 9.88 Å². The molecule has 2 aromatic carbocycles. The molecule has 1 aromatic heterocycles. The number of aromatic nitrogens is 1. The summed E-state index contributed by atoms with van der Waals surface area (Å²) in [6, 6.07) is 17.5. The summed E-state index contributed by atoms with van der Waals surface area (Å²) in [4.78, 5) is 61.0. The first-order valence-corrected chi connectivity index (χ1v) is 11.8. The lowest BCUT2D eigenvalue weighted by Gasteiger charge is -2.38. The fourth-order valence-corrected chi connectivity index (χ4v) is 4.15. The number of para-hydroxylation sites is 1. The Balaban J connectivity index is 1.60. The molecule has 0 saturated heterocycles. The topological polar surface area (TPSA) is 103 Å². The van der Waals surface area contributed by atoms with E-state index in [4.69, 9.17) is 0 Å². The number of nitrogens with zero attached hydrogens (tertiary/aromatic N) is 4. The van der Waals surface area contributed by atoms with Crippen molar-refractivity contribution in [3.63, 3.8) is 0 Å². The van der Waals surface area contributed by atoms with Crippen LogP contribution in [0.25, 0.3) is 0 Å². The molecule has 0 spiro atoms. The first kappa shape index (κ1) is 25.6. The van der Waals surface area contributed by atoms with Crippen LogP contribution < -0.4 is 15.1 Å². The fraction of sp³-hybridized carbons (Fsp3) is 0.250. The van der Waals surface area contributed by atoms with Gasteiger partial charge in [-0.1, -0.05) is 18.2 Å². The van der Waals surface area contributed by atoms with Gasteiger partial charge in [-0.3, -0.25) is 29.1 Å². The molecule has 0 atom stereocenters. The highest BCUT2D eigenvalue weighted by Gasteiger charge is 2.42. The molecule has 0 radical (unpaired) electrons. The van der Waals surface area contributed by atoms with Crippen molar-refractivity contribution in [2.45, 2.75) is 25.9 Å². The maximum absolute atomic E-state index is 13.7. The van der Waals surface area contributed by atoms with E-state index in [-0.39, 0.29) is 18.7 Å². The molecule has 4 rings (SSSR count). The van der Waals surface area contributed by atoms with Crippen molar-refractivity contribution >= 4 is 40.6 Å². The Kier molecular flexibility index (Phi) is 7.06. The van der Waals surface area contributed by atoms with Crippen LogP contribution in [-0.4, -0.2) is 59.6 Å². The minimum atomic E-state index is -1.31. The molecule has 3 amide bonds. The van der Waals surface area contributed by atoms with Gasteiger partial charge in [-0.2, -0.15) is 0 Å². The summed E-state index contributed by atoms with van der Waals surface area (Å²) in [5, 5.41) is 2.89. The smallest absolute Gasteiger partial charge is 0.299 e. The summed E-state index contributed by atoms with van der Waals surface area (Å²) >= 11 is 0. The molecule has 0 bridgehead atoms. The van der Waals surface area contributed by atoms with Gasteiger partial charge in [0.05, 0.1) is 11.3 Å². The summed E-state index contributed by atoms with van der Waals surface area (Å²) in [5.74, 6) is -2.30. The van der Waals surface area contributed by atoms with Crippen molar-refractivity contribution in [2.75, 3.05) is 35.8 Å². The Bertz CT molecular complexity index is 1340. The van der Waals surface area contributed by atoms with E-state index in [1.807, 2.05) is 31.1 Å². The zero-order valence-corrected chi connectivity index (χ0v) is 21.3. The van der Waals surface area contributed by atoms with Crippen LogP contribution in [0.2, 0.25) is 0 Å². The van der Waals surface area contributed by atoms with Crippen LogP contribution in [0, 0.1) is 0 Å². The quantitative estimate of drug-likeness (QED) is 0.478. The van der Waals surface area contributed by atoms with E-state index < -0.39 is 29.0 Å². The molecule has 2 heterocycles. The summed E-state index contributed by atoms with van der Waals surface area (Å²) in [6.45, 7) is 3.01. The maximum atomic E-state index is 13.7. The first-order chi connectivity index (χ1) is 17.6. The number of benzene rings is 2. The fourth-order valence-electron chi connectivity index (χ4n) is 4.15. The molecule has 37 heavy (non-hydrogen) atoms. The number of anilines is 3. The van der Waals surface area contributed by atoms with Gasteiger partial charge in [-0.15, -0.1) is 0 Å². The molecule has 9 nitrogen and oxygen atoms in total. The number of hydrogen-bond acceptors (Lipinski definition) is 6. The molecule has 0 fully saturated rings.